The largest absolute Gasteiger partial charge is 0.477 e. The molecule has 7 heteroatoms. The van der Waals surface area contributed by atoms with E-state index < -0.39 is 11.8 Å². The topological polar surface area (TPSA) is 71.3 Å². The second-order valence-corrected chi connectivity index (χ2v) is 7.52. The van der Waals surface area contributed by atoms with Crippen LogP contribution in [0.25, 0.3) is 10.9 Å². The van der Waals surface area contributed by atoms with Crippen molar-refractivity contribution in [3.63, 3.8) is 0 Å². The van der Waals surface area contributed by atoms with Crippen molar-refractivity contribution in [3.05, 3.63) is 106 Å². The number of hydrogen-bond acceptors (Lipinski definition) is 2. The van der Waals surface area contributed by atoms with E-state index in [0.717, 1.165) is 5.56 Å². The third-order valence-electron chi connectivity index (χ3n) is 5.00. The maximum atomic E-state index is 13.8. The molecule has 5 nitrogen and oxygen atoms in total. The Bertz CT molecular complexity index is 1280. The minimum atomic E-state index is -1.11. The van der Waals surface area contributed by atoms with Gasteiger partial charge in [0.25, 0.3) is 5.91 Å². The Balaban J connectivity index is 1.63. The van der Waals surface area contributed by atoms with Crippen LogP contribution in [0.4, 0.5) is 4.39 Å². The number of halogens is 2. The van der Waals surface area contributed by atoms with Crippen LogP contribution in [-0.2, 0) is 13.1 Å². The van der Waals surface area contributed by atoms with E-state index in [4.69, 9.17) is 11.6 Å². The molecule has 0 radical (unpaired) electrons. The van der Waals surface area contributed by atoms with Crippen molar-refractivity contribution in [2.24, 2.45) is 0 Å². The van der Waals surface area contributed by atoms with Gasteiger partial charge in [-0.2, -0.15) is 0 Å². The first-order chi connectivity index (χ1) is 14.9. The van der Waals surface area contributed by atoms with E-state index in [2.05, 4.69) is 5.32 Å². The highest BCUT2D eigenvalue weighted by Crippen LogP contribution is 2.24. The molecule has 4 aromatic rings. The molecule has 0 fully saturated rings. The number of carbonyl (C=O) groups is 2. The van der Waals surface area contributed by atoms with Crippen molar-refractivity contribution >= 4 is 34.4 Å². The highest BCUT2D eigenvalue weighted by molar-refractivity contribution is 6.30. The van der Waals surface area contributed by atoms with Gasteiger partial charge in [0.05, 0.1) is 5.02 Å². The summed E-state index contributed by atoms with van der Waals surface area (Å²) in [6.07, 6.45) is 0. The maximum Gasteiger partial charge on any atom is 0.352 e. The number of aromatic carboxylic acids is 1. The van der Waals surface area contributed by atoms with Crippen molar-refractivity contribution in [1.82, 2.24) is 9.88 Å². The smallest absolute Gasteiger partial charge is 0.352 e. The number of carbonyl (C=O) groups excluding carboxylic acids is 1. The van der Waals surface area contributed by atoms with E-state index in [0.29, 0.717) is 28.6 Å². The maximum absolute atomic E-state index is 13.8. The molecule has 3 aromatic carbocycles. The normalized spacial score (nSPS) is 10.9. The fourth-order valence-corrected chi connectivity index (χ4v) is 3.58. The lowest BCUT2D eigenvalue weighted by Crippen LogP contribution is -2.22. The van der Waals surface area contributed by atoms with E-state index in [1.807, 2.05) is 30.3 Å². The van der Waals surface area contributed by atoms with Gasteiger partial charge in [-0.25, -0.2) is 9.18 Å². The summed E-state index contributed by atoms with van der Waals surface area (Å²) in [4.78, 5) is 24.3. The zero-order valence-electron chi connectivity index (χ0n) is 16.3. The summed E-state index contributed by atoms with van der Waals surface area (Å²) in [7, 11) is 0. The molecule has 4 rings (SSSR count). The van der Waals surface area contributed by atoms with Crippen LogP contribution in [0, 0.1) is 5.82 Å². The number of carboxylic acids is 1. The van der Waals surface area contributed by atoms with Gasteiger partial charge in [-0.3, -0.25) is 4.79 Å². The predicted molar refractivity (Wildman–Crippen MR) is 117 cm³/mol. The number of rotatable bonds is 6. The van der Waals surface area contributed by atoms with Crippen LogP contribution in [-0.4, -0.2) is 21.6 Å². The number of nitrogens with zero attached hydrogens (tertiary/aromatic N) is 1. The SMILES string of the molecule is O=C(NCc1ccccc1)c1ccc2c(c1)cc(C(=O)O)n2Cc1ccc(Cl)c(F)c1. The van der Waals surface area contributed by atoms with E-state index in [1.165, 1.54) is 18.2 Å². The van der Waals surface area contributed by atoms with Crippen molar-refractivity contribution in [1.29, 1.82) is 0 Å². The monoisotopic (exact) mass is 436 g/mol. The van der Waals surface area contributed by atoms with Gasteiger partial charge in [0, 0.05) is 29.6 Å². The lowest BCUT2D eigenvalue weighted by Gasteiger charge is -2.10. The summed E-state index contributed by atoms with van der Waals surface area (Å²) in [5.41, 5.74) is 2.66. The molecule has 2 N–H and O–H groups in total. The molecule has 0 saturated heterocycles. The molecule has 156 valence electrons. The van der Waals surface area contributed by atoms with Gasteiger partial charge in [-0.15, -0.1) is 0 Å². The minimum absolute atomic E-state index is 0.00530. The first-order valence-corrected chi connectivity index (χ1v) is 9.93. The number of benzene rings is 3. The molecule has 1 heterocycles. The number of aromatic nitrogens is 1. The minimum Gasteiger partial charge on any atom is -0.477 e. The van der Waals surface area contributed by atoms with E-state index in [1.54, 1.807) is 28.8 Å². The van der Waals surface area contributed by atoms with E-state index in [-0.39, 0.29) is 23.2 Å². The van der Waals surface area contributed by atoms with Crippen LogP contribution < -0.4 is 5.32 Å². The lowest BCUT2D eigenvalue weighted by molar-refractivity contribution is 0.0686. The van der Waals surface area contributed by atoms with Gasteiger partial charge >= 0.3 is 5.97 Å². The molecular formula is C24H18ClFN2O3. The average Bonchev–Trinajstić information content (AvgIpc) is 3.13. The summed E-state index contributed by atoms with van der Waals surface area (Å²) in [5, 5.41) is 13.1. The van der Waals surface area contributed by atoms with Crippen molar-refractivity contribution in [2.75, 3.05) is 0 Å². The number of amides is 1. The van der Waals surface area contributed by atoms with E-state index >= 15 is 0 Å². The van der Waals surface area contributed by atoms with Gasteiger partial charge < -0.3 is 15.0 Å². The number of hydrogen-bond donors (Lipinski definition) is 2. The fraction of sp³-hybridized carbons (Fsp3) is 0.0833. The van der Waals surface area contributed by atoms with Crippen LogP contribution >= 0.6 is 11.6 Å². The Kier molecular flexibility index (Phi) is 5.73. The summed E-state index contributed by atoms with van der Waals surface area (Å²) in [5.74, 6) is -1.93. The first-order valence-electron chi connectivity index (χ1n) is 9.55. The number of nitrogens with one attached hydrogen (secondary N) is 1. The zero-order chi connectivity index (χ0) is 22.0. The molecule has 31 heavy (non-hydrogen) atoms. The van der Waals surface area contributed by atoms with E-state index in [9.17, 15) is 19.1 Å². The molecule has 0 aliphatic heterocycles. The molecule has 0 unspecified atom stereocenters. The molecule has 0 aliphatic carbocycles. The average molecular weight is 437 g/mol. The Morgan fingerprint density at radius 1 is 0.968 bits per heavy atom. The number of carboxylic acid groups (broad SMARTS) is 1. The molecule has 1 aromatic heterocycles. The summed E-state index contributed by atoms with van der Waals surface area (Å²) in [6, 6.07) is 20.4. The zero-order valence-corrected chi connectivity index (χ0v) is 17.1. The predicted octanol–water partition coefficient (Wildman–Crippen LogP) is 5.11. The van der Waals surface area contributed by atoms with Crippen molar-refractivity contribution in [2.45, 2.75) is 13.1 Å². The van der Waals surface area contributed by atoms with Gasteiger partial charge in [-0.05, 0) is 47.5 Å². The third kappa shape index (κ3) is 4.44. The van der Waals surface area contributed by atoms with Gasteiger partial charge in [0.1, 0.15) is 11.5 Å². The Morgan fingerprint density at radius 3 is 2.45 bits per heavy atom. The summed E-state index contributed by atoms with van der Waals surface area (Å²) in [6.45, 7) is 0.542. The molecule has 0 atom stereocenters. The van der Waals surface area contributed by atoms with Crippen LogP contribution in [0.5, 0.6) is 0 Å². The second kappa shape index (κ2) is 8.62. The summed E-state index contributed by atoms with van der Waals surface area (Å²) >= 11 is 5.74. The summed E-state index contributed by atoms with van der Waals surface area (Å²) < 4.78 is 15.4. The molecule has 0 spiro atoms. The lowest BCUT2D eigenvalue weighted by atomic mass is 10.1. The first kappa shape index (κ1) is 20.6. The Labute approximate surface area is 182 Å². The Morgan fingerprint density at radius 2 is 1.74 bits per heavy atom. The quantitative estimate of drug-likeness (QED) is 0.441. The number of fused-ring (bicyclic) bond motifs is 1. The van der Waals surface area contributed by atoms with Crippen LogP contribution in [0.1, 0.15) is 32.0 Å². The molecule has 0 bridgehead atoms. The molecule has 0 aliphatic rings. The fourth-order valence-electron chi connectivity index (χ4n) is 3.46. The van der Waals surface area contributed by atoms with Crippen molar-refractivity contribution in [3.8, 4) is 0 Å². The molecular weight excluding hydrogens is 419 g/mol. The molecule has 0 saturated carbocycles. The Hall–Kier alpha value is -3.64. The van der Waals surface area contributed by atoms with Crippen LogP contribution in [0.15, 0.2) is 72.8 Å². The highest BCUT2D eigenvalue weighted by atomic mass is 35.5. The second-order valence-electron chi connectivity index (χ2n) is 7.11. The van der Waals surface area contributed by atoms with Crippen LogP contribution in [0.3, 0.4) is 0 Å². The van der Waals surface area contributed by atoms with Gasteiger partial charge in [-0.1, -0.05) is 48.0 Å². The highest BCUT2D eigenvalue weighted by Gasteiger charge is 2.17. The standard InChI is InChI=1S/C24H18ClFN2O3/c25-19-8-6-16(10-20(19)26)14-28-21-9-7-17(11-18(21)12-22(28)24(30)31)23(29)27-13-15-4-2-1-3-5-15/h1-12H,13-14H2,(H,27,29)(H,30,31). The van der Waals surface area contributed by atoms with Crippen LogP contribution in [0.2, 0.25) is 5.02 Å². The third-order valence-corrected chi connectivity index (χ3v) is 5.31. The van der Waals surface area contributed by atoms with Gasteiger partial charge in [0.15, 0.2) is 0 Å². The molecule has 1 amide bonds. The van der Waals surface area contributed by atoms with Gasteiger partial charge in [0.2, 0.25) is 0 Å². The van der Waals surface area contributed by atoms with Crippen molar-refractivity contribution < 1.29 is 19.1 Å².